The van der Waals surface area contributed by atoms with Crippen molar-refractivity contribution in [2.45, 2.75) is 10.3 Å². The number of benzene rings is 1. The summed E-state index contributed by atoms with van der Waals surface area (Å²) in [4.78, 5) is 0. The highest BCUT2D eigenvalue weighted by Crippen LogP contribution is 2.34. The Balaban J connectivity index is 1.64. The molecule has 4 rings (SSSR count). The molecular weight excluding hydrogens is 382 g/mol. The average molecular weight is 398 g/mol. The first-order valence-corrected chi connectivity index (χ1v) is 10.4. The molecule has 0 bridgehead atoms. The van der Waals surface area contributed by atoms with Crippen LogP contribution in [0.1, 0.15) is 11.7 Å². The third-order valence-electron chi connectivity index (χ3n) is 4.18. The lowest BCUT2D eigenvalue weighted by molar-refractivity contribution is -0.00253. The van der Waals surface area contributed by atoms with Crippen molar-refractivity contribution in [1.82, 2.24) is 14.1 Å². The van der Waals surface area contributed by atoms with Gasteiger partial charge in [-0.05, 0) is 29.7 Å². The first-order chi connectivity index (χ1) is 11.9. The Bertz CT molecular complexity index is 1030. The van der Waals surface area contributed by atoms with E-state index in [2.05, 4.69) is 5.10 Å². The lowest BCUT2D eigenvalue weighted by Crippen LogP contribution is -2.41. The number of hydrogen-bond donors (Lipinski definition) is 0. The van der Waals surface area contributed by atoms with Crippen LogP contribution < -0.4 is 0 Å². The van der Waals surface area contributed by atoms with Crippen molar-refractivity contribution in [1.29, 1.82) is 0 Å². The zero-order chi connectivity index (χ0) is 17.6. The SMILES string of the molecule is Cn1cc(C2CN(S(=O)(=O)c3cc4cc(Cl)ccc4s3)CCO2)cn1. The molecule has 3 aromatic rings. The zero-order valence-electron chi connectivity index (χ0n) is 13.4. The number of aryl methyl sites for hydroxylation is 1. The van der Waals surface area contributed by atoms with Crippen molar-refractivity contribution in [2.75, 3.05) is 19.7 Å². The van der Waals surface area contributed by atoms with Gasteiger partial charge in [-0.15, -0.1) is 11.3 Å². The molecule has 1 aliphatic rings. The zero-order valence-corrected chi connectivity index (χ0v) is 15.8. The van der Waals surface area contributed by atoms with Crippen molar-refractivity contribution in [3.8, 4) is 0 Å². The highest BCUT2D eigenvalue weighted by molar-refractivity contribution is 7.91. The summed E-state index contributed by atoms with van der Waals surface area (Å²) in [6.07, 6.45) is 3.26. The molecule has 0 N–H and O–H groups in total. The minimum atomic E-state index is -3.57. The second-order valence-corrected chi connectivity index (χ2v) is 9.60. The van der Waals surface area contributed by atoms with Crippen molar-refractivity contribution in [3.05, 3.63) is 47.2 Å². The fourth-order valence-electron chi connectivity index (χ4n) is 2.90. The van der Waals surface area contributed by atoms with Crippen LogP contribution in [0, 0.1) is 0 Å². The molecule has 3 heterocycles. The van der Waals surface area contributed by atoms with Crippen LogP contribution in [0.15, 0.2) is 40.9 Å². The van der Waals surface area contributed by atoms with E-state index in [-0.39, 0.29) is 12.6 Å². The van der Waals surface area contributed by atoms with E-state index in [4.69, 9.17) is 16.3 Å². The smallest absolute Gasteiger partial charge is 0.252 e. The maximum Gasteiger partial charge on any atom is 0.252 e. The normalized spacial score (nSPS) is 19.5. The molecule has 0 saturated carbocycles. The first-order valence-electron chi connectivity index (χ1n) is 7.73. The van der Waals surface area contributed by atoms with E-state index >= 15 is 0 Å². The Labute approximate surface area is 154 Å². The van der Waals surface area contributed by atoms with Gasteiger partial charge in [0.2, 0.25) is 0 Å². The quantitative estimate of drug-likeness (QED) is 0.681. The Hall–Kier alpha value is -1.45. The fourth-order valence-corrected chi connectivity index (χ4v) is 6.03. The standard InChI is InChI=1S/C16H16ClN3O3S2/c1-19-9-12(8-18-19)14-10-20(4-5-23-14)25(21,22)16-7-11-6-13(17)2-3-15(11)24-16/h2-3,6-9,14H,4-5,10H2,1H3. The summed E-state index contributed by atoms with van der Waals surface area (Å²) in [5, 5.41) is 5.57. The molecule has 0 amide bonds. The molecule has 9 heteroatoms. The van der Waals surface area contributed by atoms with E-state index in [1.165, 1.54) is 15.6 Å². The van der Waals surface area contributed by atoms with Crippen LogP contribution >= 0.6 is 22.9 Å². The van der Waals surface area contributed by atoms with Gasteiger partial charge in [0.05, 0.1) is 18.9 Å². The van der Waals surface area contributed by atoms with Crippen LogP contribution in [0.3, 0.4) is 0 Å². The summed E-state index contributed by atoms with van der Waals surface area (Å²) in [7, 11) is -1.75. The Morgan fingerprint density at radius 2 is 2.20 bits per heavy atom. The number of fused-ring (bicyclic) bond motifs is 1. The summed E-state index contributed by atoms with van der Waals surface area (Å²) in [6.45, 7) is 0.979. The molecule has 1 atom stereocenters. The molecule has 0 radical (unpaired) electrons. The molecule has 1 aliphatic heterocycles. The predicted octanol–water partition coefficient (Wildman–Crippen LogP) is 3.05. The average Bonchev–Trinajstić information content (AvgIpc) is 3.21. The van der Waals surface area contributed by atoms with Crippen LogP contribution in [0.4, 0.5) is 0 Å². The summed E-state index contributed by atoms with van der Waals surface area (Å²) in [5.74, 6) is 0. The van der Waals surface area contributed by atoms with Crippen LogP contribution in [-0.2, 0) is 21.8 Å². The van der Waals surface area contributed by atoms with Crippen LogP contribution in [-0.4, -0.2) is 42.2 Å². The van der Waals surface area contributed by atoms with E-state index in [1.807, 2.05) is 19.3 Å². The number of hydrogen-bond acceptors (Lipinski definition) is 5. The molecule has 2 aromatic heterocycles. The molecule has 6 nitrogen and oxygen atoms in total. The highest BCUT2D eigenvalue weighted by Gasteiger charge is 2.33. The minimum Gasteiger partial charge on any atom is -0.371 e. The van der Waals surface area contributed by atoms with Crippen molar-refractivity contribution < 1.29 is 13.2 Å². The van der Waals surface area contributed by atoms with Gasteiger partial charge in [0.15, 0.2) is 0 Å². The molecule has 25 heavy (non-hydrogen) atoms. The maximum atomic E-state index is 13.1. The summed E-state index contributed by atoms with van der Waals surface area (Å²) in [5.41, 5.74) is 0.880. The topological polar surface area (TPSA) is 64.4 Å². The monoisotopic (exact) mass is 397 g/mol. The van der Waals surface area contributed by atoms with E-state index < -0.39 is 10.0 Å². The number of morpholine rings is 1. The molecule has 0 spiro atoms. The Morgan fingerprint density at radius 3 is 2.96 bits per heavy atom. The highest BCUT2D eigenvalue weighted by atomic mass is 35.5. The first kappa shape index (κ1) is 17.0. The second-order valence-electron chi connectivity index (χ2n) is 5.92. The number of nitrogens with zero attached hydrogens (tertiary/aromatic N) is 3. The number of halogens is 1. The summed E-state index contributed by atoms with van der Waals surface area (Å²) >= 11 is 7.26. The van der Waals surface area contributed by atoms with Gasteiger partial charge in [0.1, 0.15) is 4.21 Å². The Morgan fingerprint density at radius 1 is 1.36 bits per heavy atom. The molecular formula is C16H16ClN3O3S2. The van der Waals surface area contributed by atoms with E-state index in [0.29, 0.717) is 22.4 Å². The van der Waals surface area contributed by atoms with Crippen LogP contribution in [0.5, 0.6) is 0 Å². The van der Waals surface area contributed by atoms with Gasteiger partial charge in [0.25, 0.3) is 10.0 Å². The van der Waals surface area contributed by atoms with Gasteiger partial charge in [-0.25, -0.2) is 8.42 Å². The van der Waals surface area contributed by atoms with Crippen molar-refractivity contribution >= 4 is 43.0 Å². The summed E-state index contributed by atoms with van der Waals surface area (Å²) in [6, 6.07) is 7.09. The molecule has 1 saturated heterocycles. The number of sulfonamides is 1. The fraction of sp³-hybridized carbons (Fsp3) is 0.312. The number of rotatable bonds is 3. The van der Waals surface area contributed by atoms with E-state index in [1.54, 1.807) is 29.1 Å². The predicted molar refractivity (Wildman–Crippen MR) is 97.5 cm³/mol. The number of thiophene rings is 1. The van der Waals surface area contributed by atoms with Gasteiger partial charge in [0, 0.05) is 41.6 Å². The minimum absolute atomic E-state index is 0.281. The number of ether oxygens (including phenoxy) is 1. The number of aromatic nitrogens is 2. The van der Waals surface area contributed by atoms with Crippen molar-refractivity contribution in [2.24, 2.45) is 7.05 Å². The molecule has 1 unspecified atom stereocenters. The lowest BCUT2D eigenvalue weighted by atomic mass is 10.2. The molecule has 132 valence electrons. The molecule has 0 aliphatic carbocycles. The largest absolute Gasteiger partial charge is 0.371 e. The van der Waals surface area contributed by atoms with Gasteiger partial charge < -0.3 is 4.74 Å². The van der Waals surface area contributed by atoms with Crippen LogP contribution in [0.25, 0.3) is 10.1 Å². The Kier molecular flexibility index (Phi) is 4.33. The maximum absolute atomic E-state index is 13.1. The third kappa shape index (κ3) is 3.20. The second kappa shape index (κ2) is 6.37. The van der Waals surface area contributed by atoms with Gasteiger partial charge in [-0.1, -0.05) is 11.6 Å². The van der Waals surface area contributed by atoms with E-state index in [9.17, 15) is 8.42 Å². The molecule has 1 aromatic carbocycles. The van der Waals surface area contributed by atoms with Gasteiger partial charge in [-0.2, -0.15) is 9.40 Å². The van der Waals surface area contributed by atoms with Gasteiger partial charge in [-0.3, -0.25) is 4.68 Å². The lowest BCUT2D eigenvalue weighted by Gasteiger charge is -2.31. The molecule has 1 fully saturated rings. The summed E-state index contributed by atoms with van der Waals surface area (Å²) < 4.78 is 36.2. The van der Waals surface area contributed by atoms with Crippen molar-refractivity contribution in [3.63, 3.8) is 0 Å². The third-order valence-corrected chi connectivity index (χ3v) is 7.84. The van der Waals surface area contributed by atoms with Gasteiger partial charge >= 0.3 is 0 Å². The van der Waals surface area contributed by atoms with Crippen LogP contribution in [0.2, 0.25) is 5.02 Å². The van der Waals surface area contributed by atoms with E-state index in [0.717, 1.165) is 15.6 Å².